The number of hydrogen-bond acceptors (Lipinski definition) is 4. The van der Waals surface area contributed by atoms with Gasteiger partial charge in [0, 0.05) is 19.3 Å². The lowest BCUT2D eigenvalue weighted by atomic mass is 9.78. The summed E-state index contributed by atoms with van der Waals surface area (Å²) in [6.45, 7) is 6.39. The first-order chi connectivity index (χ1) is 8.95. The number of aromatic carboxylic acids is 1. The van der Waals surface area contributed by atoms with Crippen LogP contribution in [0.3, 0.4) is 0 Å². The summed E-state index contributed by atoms with van der Waals surface area (Å²) in [6, 6.07) is 1.48. The van der Waals surface area contributed by atoms with Gasteiger partial charge in [-0.15, -0.1) is 0 Å². The number of nitrogens with two attached hydrogens (primary N) is 1. The van der Waals surface area contributed by atoms with Crippen LogP contribution in [0, 0.1) is 5.41 Å². The summed E-state index contributed by atoms with van der Waals surface area (Å²) in [7, 11) is 0. The van der Waals surface area contributed by atoms with Crippen molar-refractivity contribution in [1.29, 1.82) is 0 Å². The van der Waals surface area contributed by atoms with E-state index in [0.717, 1.165) is 25.9 Å². The van der Waals surface area contributed by atoms with Gasteiger partial charge in [0.25, 0.3) is 0 Å². The molecule has 1 saturated heterocycles. The van der Waals surface area contributed by atoms with Crippen molar-refractivity contribution in [3.8, 4) is 0 Å². The molecule has 0 atom stereocenters. The van der Waals surface area contributed by atoms with Gasteiger partial charge in [-0.25, -0.2) is 9.78 Å². The lowest BCUT2D eigenvalue weighted by Gasteiger charge is -2.39. The molecule has 1 aliphatic rings. The SMILES string of the molecule is CCC1(C)CCN(c2ncc(C(=O)O)cc2N)CC1. The highest BCUT2D eigenvalue weighted by Gasteiger charge is 2.29. The number of anilines is 2. The molecule has 0 spiro atoms. The molecule has 104 valence electrons. The van der Waals surface area contributed by atoms with Gasteiger partial charge < -0.3 is 15.7 Å². The van der Waals surface area contributed by atoms with Crippen LogP contribution in [0.25, 0.3) is 0 Å². The molecule has 0 bridgehead atoms. The third-order valence-electron chi connectivity index (χ3n) is 4.27. The van der Waals surface area contributed by atoms with E-state index in [2.05, 4.69) is 23.7 Å². The third-order valence-corrected chi connectivity index (χ3v) is 4.27. The molecule has 19 heavy (non-hydrogen) atoms. The zero-order valence-electron chi connectivity index (χ0n) is 11.5. The molecule has 1 aromatic heterocycles. The topological polar surface area (TPSA) is 79.5 Å². The van der Waals surface area contributed by atoms with E-state index < -0.39 is 5.97 Å². The van der Waals surface area contributed by atoms with Gasteiger partial charge in [0.15, 0.2) is 5.82 Å². The van der Waals surface area contributed by atoms with Crippen LogP contribution in [-0.2, 0) is 0 Å². The van der Waals surface area contributed by atoms with Crippen LogP contribution in [0.15, 0.2) is 12.3 Å². The van der Waals surface area contributed by atoms with Crippen molar-refractivity contribution in [2.75, 3.05) is 23.7 Å². The molecule has 0 aromatic carbocycles. The van der Waals surface area contributed by atoms with Crippen LogP contribution in [0.4, 0.5) is 11.5 Å². The molecular formula is C14H21N3O2. The Labute approximate surface area is 113 Å². The maximum absolute atomic E-state index is 10.9. The van der Waals surface area contributed by atoms with Gasteiger partial charge in [-0.3, -0.25) is 0 Å². The molecule has 0 radical (unpaired) electrons. The van der Waals surface area contributed by atoms with E-state index in [9.17, 15) is 4.79 Å². The quantitative estimate of drug-likeness (QED) is 0.875. The molecule has 0 saturated carbocycles. The number of piperidine rings is 1. The lowest BCUT2D eigenvalue weighted by molar-refractivity contribution is 0.0696. The predicted molar refractivity (Wildman–Crippen MR) is 75.5 cm³/mol. The summed E-state index contributed by atoms with van der Waals surface area (Å²) >= 11 is 0. The Kier molecular flexibility index (Phi) is 3.64. The Morgan fingerprint density at radius 3 is 2.63 bits per heavy atom. The van der Waals surface area contributed by atoms with Crippen molar-refractivity contribution in [2.24, 2.45) is 5.41 Å². The summed E-state index contributed by atoms with van der Waals surface area (Å²) in [6.07, 6.45) is 4.79. The molecule has 1 aromatic rings. The summed E-state index contributed by atoms with van der Waals surface area (Å²) < 4.78 is 0. The number of aromatic nitrogens is 1. The zero-order valence-corrected chi connectivity index (χ0v) is 11.5. The number of carboxylic acids is 1. The van der Waals surface area contributed by atoms with E-state index in [1.165, 1.54) is 18.7 Å². The summed E-state index contributed by atoms with van der Waals surface area (Å²) in [4.78, 5) is 17.2. The van der Waals surface area contributed by atoms with Gasteiger partial charge in [0.2, 0.25) is 0 Å². The second-order valence-corrected chi connectivity index (χ2v) is 5.59. The van der Waals surface area contributed by atoms with Crippen molar-refractivity contribution in [3.63, 3.8) is 0 Å². The van der Waals surface area contributed by atoms with Crippen LogP contribution < -0.4 is 10.6 Å². The highest BCUT2D eigenvalue weighted by Crippen LogP contribution is 2.36. The van der Waals surface area contributed by atoms with E-state index in [1.807, 2.05) is 0 Å². The molecule has 3 N–H and O–H groups in total. The summed E-state index contributed by atoms with van der Waals surface area (Å²) in [5.74, 6) is -0.286. The molecule has 5 nitrogen and oxygen atoms in total. The molecule has 0 amide bonds. The number of carbonyl (C=O) groups is 1. The highest BCUT2D eigenvalue weighted by molar-refractivity contribution is 5.89. The number of nitrogens with zero attached hydrogens (tertiary/aromatic N) is 2. The zero-order chi connectivity index (χ0) is 14.0. The van der Waals surface area contributed by atoms with Crippen molar-refractivity contribution in [2.45, 2.75) is 33.1 Å². The molecule has 1 aliphatic heterocycles. The molecule has 5 heteroatoms. The second kappa shape index (κ2) is 5.07. The van der Waals surface area contributed by atoms with Crippen molar-refractivity contribution in [3.05, 3.63) is 17.8 Å². The minimum atomic E-state index is -0.997. The molecule has 0 aliphatic carbocycles. The monoisotopic (exact) mass is 263 g/mol. The maximum Gasteiger partial charge on any atom is 0.337 e. The number of nitrogen functional groups attached to an aromatic ring is 1. The van der Waals surface area contributed by atoms with Crippen molar-refractivity contribution >= 4 is 17.5 Å². The molecule has 2 heterocycles. The normalized spacial score (nSPS) is 18.3. The third kappa shape index (κ3) is 2.80. The fraction of sp³-hybridized carbons (Fsp3) is 0.571. The first-order valence-corrected chi connectivity index (χ1v) is 6.69. The fourth-order valence-electron chi connectivity index (χ4n) is 2.47. The van der Waals surface area contributed by atoms with E-state index in [-0.39, 0.29) is 5.56 Å². The Hall–Kier alpha value is -1.78. The second-order valence-electron chi connectivity index (χ2n) is 5.59. The standard InChI is InChI=1S/C14H21N3O2/c1-3-14(2)4-6-17(7-5-14)12-11(15)8-10(9-16-12)13(18)19/h8-9H,3-7,15H2,1-2H3,(H,18,19). The Bertz CT molecular complexity index is 480. The Balaban J connectivity index is 2.14. The van der Waals surface area contributed by atoms with Crippen molar-refractivity contribution < 1.29 is 9.90 Å². The van der Waals surface area contributed by atoms with Gasteiger partial charge in [-0.2, -0.15) is 0 Å². The minimum absolute atomic E-state index is 0.136. The van der Waals surface area contributed by atoms with Crippen LogP contribution >= 0.6 is 0 Å². The number of carboxylic acid groups (broad SMARTS) is 1. The average Bonchev–Trinajstić information content (AvgIpc) is 2.40. The van der Waals surface area contributed by atoms with Gasteiger partial charge in [-0.05, 0) is 24.3 Å². The first-order valence-electron chi connectivity index (χ1n) is 6.69. The van der Waals surface area contributed by atoms with Crippen LogP contribution in [0.1, 0.15) is 43.5 Å². The minimum Gasteiger partial charge on any atom is -0.478 e. The van der Waals surface area contributed by atoms with E-state index >= 15 is 0 Å². The highest BCUT2D eigenvalue weighted by atomic mass is 16.4. The van der Waals surface area contributed by atoms with Gasteiger partial charge >= 0.3 is 5.97 Å². The maximum atomic E-state index is 10.9. The average molecular weight is 263 g/mol. The fourth-order valence-corrected chi connectivity index (χ4v) is 2.47. The van der Waals surface area contributed by atoms with Crippen LogP contribution in [0.2, 0.25) is 0 Å². The Morgan fingerprint density at radius 1 is 1.53 bits per heavy atom. The van der Waals surface area contributed by atoms with Gasteiger partial charge in [-0.1, -0.05) is 20.3 Å². The summed E-state index contributed by atoms with van der Waals surface area (Å²) in [5.41, 5.74) is 6.91. The van der Waals surface area contributed by atoms with E-state index in [4.69, 9.17) is 10.8 Å². The first kappa shape index (κ1) is 13.6. The smallest absolute Gasteiger partial charge is 0.337 e. The predicted octanol–water partition coefficient (Wildman–Crippen LogP) is 2.38. The van der Waals surface area contributed by atoms with Crippen LogP contribution in [-0.4, -0.2) is 29.1 Å². The molecule has 0 unspecified atom stereocenters. The van der Waals surface area contributed by atoms with Gasteiger partial charge in [0.05, 0.1) is 11.3 Å². The van der Waals surface area contributed by atoms with Crippen molar-refractivity contribution in [1.82, 2.24) is 4.98 Å². The molecule has 2 rings (SSSR count). The Morgan fingerprint density at radius 2 is 2.16 bits per heavy atom. The largest absolute Gasteiger partial charge is 0.478 e. The molecular weight excluding hydrogens is 242 g/mol. The number of pyridine rings is 1. The van der Waals surface area contributed by atoms with Gasteiger partial charge in [0.1, 0.15) is 0 Å². The molecule has 1 fully saturated rings. The number of rotatable bonds is 3. The van der Waals surface area contributed by atoms with E-state index in [1.54, 1.807) is 0 Å². The van der Waals surface area contributed by atoms with Crippen LogP contribution in [0.5, 0.6) is 0 Å². The lowest BCUT2D eigenvalue weighted by Crippen LogP contribution is -2.39. The van der Waals surface area contributed by atoms with E-state index in [0.29, 0.717) is 16.9 Å². The summed E-state index contributed by atoms with van der Waals surface area (Å²) in [5, 5.41) is 8.90. The number of hydrogen-bond donors (Lipinski definition) is 2.